The summed E-state index contributed by atoms with van der Waals surface area (Å²) in [5.41, 5.74) is 3.37. The van der Waals surface area contributed by atoms with Crippen LogP contribution in [0.4, 0.5) is 0 Å². The third kappa shape index (κ3) is 6.29. The summed E-state index contributed by atoms with van der Waals surface area (Å²) in [7, 11) is 4.15. The summed E-state index contributed by atoms with van der Waals surface area (Å²) in [6.07, 6.45) is 5.42. The number of nitrogens with zero attached hydrogens (tertiary/aromatic N) is 3. The Labute approximate surface area is 185 Å². The molecule has 1 heterocycles. The van der Waals surface area contributed by atoms with Crippen molar-refractivity contribution in [2.24, 2.45) is 5.92 Å². The van der Waals surface area contributed by atoms with Crippen molar-refractivity contribution < 1.29 is 9.53 Å². The first-order valence-electron chi connectivity index (χ1n) is 11.0. The summed E-state index contributed by atoms with van der Waals surface area (Å²) >= 11 is 1.61. The van der Waals surface area contributed by atoms with Crippen molar-refractivity contribution >= 4 is 17.2 Å². The second kappa shape index (κ2) is 10.9. The summed E-state index contributed by atoms with van der Waals surface area (Å²) < 4.78 is 6.00. The first-order chi connectivity index (χ1) is 14.4. The van der Waals surface area contributed by atoms with Gasteiger partial charge < -0.3 is 14.5 Å². The second-order valence-corrected chi connectivity index (χ2v) is 9.56. The molecule has 3 rings (SSSR count). The number of amides is 1. The molecular formula is C24H35N3O2S. The first-order valence-corrected chi connectivity index (χ1v) is 11.9. The van der Waals surface area contributed by atoms with Crippen LogP contribution in [0.2, 0.25) is 0 Å². The maximum absolute atomic E-state index is 13.1. The van der Waals surface area contributed by atoms with Crippen molar-refractivity contribution in [2.45, 2.75) is 59.1 Å². The van der Waals surface area contributed by atoms with E-state index in [0.717, 1.165) is 48.8 Å². The lowest BCUT2D eigenvalue weighted by molar-refractivity contribution is -0.136. The molecule has 0 bridgehead atoms. The fourth-order valence-electron chi connectivity index (χ4n) is 3.98. The fraction of sp³-hybridized carbons (Fsp3) is 0.583. The van der Waals surface area contributed by atoms with E-state index in [0.29, 0.717) is 19.1 Å². The van der Waals surface area contributed by atoms with E-state index in [1.807, 2.05) is 17.0 Å². The molecule has 5 nitrogen and oxygen atoms in total. The lowest BCUT2D eigenvalue weighted by Gasteiger charge is -2.25. The standard InChI is InChI=1S/C24H35N3O2S/c1-18-9-7-12-22(19(18)2)29-16-23-25-21(17-30-23)15-27(14-8-13-26(3)4)24(28)20-10-5-6-11-20/h7,9,12,17,20H,5-6,8,10-11,13-16H2,1-4H3. The number of thiazole rings is 1. The van der Waals surface area contributed by atoms with E-state index < -0.39 is 0 Å². The lowest BCUT2D eigenvalue weighted by Crippen LogP contribution is -2.36. The van der Waals surface area contributed by atoms with Crippen LogP contribution in [0.25, 0.3) is 0 Å². The Morgan fingerprint density at radius 2 is 1.97 bits per heavy atom. The molecular weight excluding hydrogens is 394 g/mol. The Morgan fingerprint density at radius 3 is 2.70 bits per heavy atom. The zero-order valence-corrected chi connectivity index (χ0v) is 19.6. The highest BCUT2D eigenvalue weighted by Crippen LogP contribution is 2.28. The van der Waals surface area contributed by atoms with Gasteiger partial charge in [-0.3, -0.25) is 4.79 Å². The highest BCUT2D eigenvalue weighted by Gasteiger charge is 2.27. The van der Waals surface area contributed by atoms with Gasteiger partial charge in [0.05, 0.1) is 12.2 Å². The molecule has 0 N–H and O–H groups in total. The third-order valence-corrected chi connectivity index (χ3v) is 6.78. The van der Waals surface area contributed by atoms with Gasteiger partial charge in [0.1, 0.15) is 17.4 Å². The van der Waals surface area contributed by atoms with Crippen molar-refractivity contribution in [1.82, 2.24) is 14.8 Å². The van der Waals surface area contributed by atoms with Crippen LogP contribution < -0.4 is 4.74 Å². The van der Waals surface area contributed by atoms with Gasteiger partial charge in [-0.05, 0) is 70.9 Å². The number of benzene rings is 1. The quantitative estimate of drug-likeness (QED) is 0.544. The van der Waals surface area contributed by atoms with E-state index in [2.05, 4.69) is 44.3 Å². The van der Waals surface area contributed by atoms with E-state index in [1.54, 1.807) is 11.3 Å². The predicted molar refractivity (Wildman–Crippen MR) is 123 cm³/mol. The molecule has 6 heteroatoms. The Balaban J connectivity index is 1.60. The molecule has 2 aromatic rings. The van der Waals surface area contributed by atoms with Crippen LogP contribution in [0.15, 0.2) is 23.6 Å². The average molecular weight is 430 g/mol. The van der Waals surface area contributed by atoms with E-state index in [-0.39, 0.29) is 5.92 Å². The van der Waals surface area contributed by atoms with Gasteiger partial charge in [0.2, 0.25) is 5.91 Å². The molecule has 1 aromatic heterocycles. The number of carbonyl (C=O) groups excluding carboxylic acids is 1. The first kappa shape index (κ1) is 22.8. The predicted octanol–water partition coefficient (Wildman–Crippen LogP) is 4.81. The summed E-state index contributed by atoms with van der Waals surface area (Å²) in [5.74, 6) is 1.43. The Kier molecular flexibility index (Phi) is 8.28. The topological polar surface area (TPSA) is 45.7 Å². The number of aromatic nitrogens is 1. The largest absolute Gasteiger partial charge is 0.486 e. The van der Waals surface area contributed by atoms with Crippen LogP contribution in [0.3, 0.4) is 0 Å². The number of hydrogen-bond acceptors (Lipinski definition) is 5. The lowest BCUT2D eigenvalue weighted by atomic mass is 10.1. The van der Waals surface area contributed by atoms with Gasteiger partial charge in [0, 0.05) is 17.8 Å². The van der Waals surface area contributed by atoms with Crippen LogP contribution in [0, 0.1) is 19.8 Å². The van der Waals surface area contributed by atoms with Crippen molar-refractivity contribution in [3.8, 4) is 5.75 Å². The Bertz CT molecular complexity index is 828. The van der Waals surface area contributed by atoms with Crippen LogP contribution >= 0.6 is 11.3 Å². The molecule has 30 heavy (non-hydrogen) atoms. The number of ether oxygens (including phenoxy) is 1. The molecule has 1 aliphatic rings. The van der Waals surface area contributed by atoms with Gasteiger partial charge in [-0.1, -0.05) is 25.0 Å². The number of hydrogen-bond donors (Lipinski definition) is 0. The Morgan fingerprint density at radius 1 is 1.20 bits per heavy atom. The van der Waals surface area contributed by atoms with E-state index >= 15 is 0 Å². The second-order valence-electron chi connectivity index (χ2n) is 8.62. The molecule has 1 fully saturated rings. The van der Waals surface area contributed by atoms with E-state index in [4.69, 9.17) is 9.72 Å². The minimum Gasteiger partial charge on any atom is -0.486 e. The molecule has 0 aliphatic heterocycles. The molecule has 164 valence electrons. The summed E-state index contributed by atoms with van der Waals surface area (Å²) in [5, 5.41) is 3.02. The maximum Gasteiger partial charge on any atom is 0.226 e. The molecule has 0 atom stereocenters. The normalized spacial score (nSPS) is 14.4. The summed E-state index contributed by atoms with van der Waals surface area (Å²) in [6.45, 7) is 7.02. The van der Waals surface area contributed by atoms with E-state index in [9.17, 15) is 4.79 Å². The van der Waals surface area contributed by atoms with Gasteiger partial charge in [0.15, 0.2) is 0 Å². The molecule has 1 aromatic carbocycles. The van der Waals surface area contributed by atoms with Crippen LogP contribution in [0.5, 0.6) is 5.75 Å². The molecule has 1 aliphatic carbocycles. The monoisotopic (exact) mass is 429 g/mol. The van der Waals surface area contributed by atoms with Gasteiger partial charge in [0.25, 0.3) is 0 Å². The highest BCUT2D eigenvalue weighted by atomic mass is 32.1. The highest BCUT2D eigenvalue weighted by molar-refractivity contribution is 7.09. The van der Waals surface area contributed by atoms with Crippen molar-refractivity contribution in [2.75, 3.05) is 27.2 Å². The zero-order valence-electron chi connectivity index (χ0n) is 18.8. The smallest absolute Gasteiger partial charge is 0.226 e. The SMILES string of the molecule is Cc1cccc(OCc2nc(CN(CCCN(C)C)C(=O)C3CCCC3)cs2)c1C. The van der Waals surface area contributed by atoms with Gasteiger partial charge in [-0.2, -0.15) is 0 Å². The number of aryl methyl sites for hydroxylation is 1. The maximum atomic E-state index is 13.1. The fourth-order valence-corrected chi connectivity index (χ4v) is 4.68. The summed E-state index contributed by atoms with van der Waals surface area (Å²) in [4.78, 5) is 22.0. The van der Waals surface area contributed by atoms with Crippen molar-refractivity contribution in [3.63, 3.8) is 0 Å². The van der Waals surface area contributed by atoms with Crippen molar-refractivity contribution in [3.05, 3.63) is 45.4 Å². The van der Waals surface area contributed by atoms with Gasteiger partial charge in [-0.15, -0.1) is 11.3 Å². The minimum atomic E-state index is 0.204. The average Bonchev–Trinajstić information content (AvgIpc) is 3.40. The van der Waals surface area contributed by atoms with Gasteiger partial charge >= 0.3 is 0 Å². The molecule has 1 amide bonds. The van der Waals surface area contributed by atoms with Gasteiger partial charge in [-0.25, -0.2) is 4.98 Å². The molecule has 0 spiro atoms. The van der Waals surface area contributed by atoms with E-state index in [1.165, 1.54) is 24.0 Å². The van der Waals surface area contributed by atoms with Crippen LogP contribution in [-0.2, 0) is 17.9 Å². The zero-order chi connectivity index (χ0) is 21.5. The summed E-state index contributed by atoms with van der Waals surface area (Å²) in [6, 6.07) is 6.12. The Hall–Kier alpha value is -1.92. The minimum absolute atomic E-state index is 0.204. The van der Waals surface area contributed by atoms with Crippen LogP contribution in [-0.4, -0.2) is 47.9 Å². The van der Waals surface area contributed by atoms with Crippen molar-refractivity contribution in [1.29, 1.82) is 0 Å². The number of carbonyl (C=O) groups is 1. The van der Waals surface area contributed by atoms with Crippen LogP contribution in [0.1, 0.15) is 53.9 Å². The molecule has 0 radical (unpaired) electrons. The number of rotatable bonds is 10. The molecule has 1 saturated carbocycles. The molecule has 0 saturated heterocycles. The molecule has 0 unspecified atom stereocenters. The third-order valence-electron chi connectivity index (χ3n) is 5.91.